The quantitative estimate of drug-likeness (QED) is 0.635. The molecule has 4 rings (SSSR count). The first-order valence-corrected chi connectivity index (χ1v) is 8.34. The number of rotatable bonds is 2. The van der Waals surface area contributed by atoms with E-state index in [4.69, 9.17) is 12.6 Å². The van der Waals surface area contributed by atoms with Crippen molar-refractivity contribution in [2.45, 2.75) is 40.6 Å². The molecule has 2 aromatic heterocycles. The summed E-state index contributed by atoms with van der Waals surface area (Å²) >= 11 is 0. The Kier molecular flexibility index (Phi) is 2.31. The van der Waals surface area contributed by atoms with E-state index in [1.54, 1.807) is 17.3 Å². The van der Waals surface area contributed by atoms with Gasteiger partial charge in [-0.1, -0.05) is 32.8 Å². The topological polar surface area (TPSA) is 32.5 Å². The van der Waals surface area contributed by atoms with Gasteiger partial charge in [0.2, 0.25) is 5.71 Å². The molecule has 3 aromatic rings. The molecular formula is C21H25N3O. The molecule has 0 aliphatic carbocycles. The predicted molar refractivity (Wildman–Crippen MR) is 103 cm³/mol. The van der Waals surface area contributed by atoms with Crippen LogP contribution in [0.2, 0.25) is 0 Å². The Labute approximate surface area is 157 Å². The predicted octanol–water partition coefficient (Wildman–Crippen LogP) is 5.27. The van der Waals surface area contributed by atoms with Crippen molar-refractivity contribution < 1.29 is 12.6 Å². The van der Waals surface area contributed by atoms with E-state index in [2.05, 4.69) is 4.98 Å². The number of pyridine rings is 1. The zero-order valence-corrected chi connectivity index (χ0v) is 14.6. The normalized spacial score (nSPS) is 22.6. The van der Waals surface area contributed by atoms with Crippen LogP contribution in [0.3, 0.4) is 0 Å². The molecular weight excluding hydrogens is 310 g/mol. The summed E-state index contributed by atoms with van der Waals surface area (Å²) in [6.07, 6.45) is 4.97. The molecule has 1 aliphatic heterocycles. The molecule has 0 spiro atoms. The minimum Gasteiger partial charge on any atom is -0.435 e. The fourth-order valence-corrected chi connectivity index (χ4v) is 3.46. The van der Waals surface area contributed by atoms with Crippen LogP contribution in [0, 0.1) is 12.3 Å². The maximum atomic E-state index is 7.88. The fraction of sp³-hybridized carbons (Fsp3) is 0.381. The van der Waals surface area contributed by atoms with Crippen molar-refractivity contribution in [3.05, 3.63) is 48.4 Å². The zero-order valence-electron chi connectivity index (χ0n) is 20.6. The van der Waals surface area contributed by atoms with Crippen LogP contribution < -0.4 is 4.90 Å². The minimum absolute atomic E-state index is 0.134. The average molecular weight is 341 g/mol. The molecule has 0 saturated heterocycles. The summed E-state index contributed by atoms with van der Waals surface area (Å²) in [5, 5.41) is 1.86. The highest BCUT2D eigenvalue weighted by atomic mass is 16.3. The lowest BCUT2D eigenvalue weighted by Gasteiger charge is -2.34. The van der Waals surface area contributed by atoms with E-state index >= 15 is 0 Å². The SMILES string of the molecule is [2H]C([2H])([2H])C(C)(CN1C=CN(c2c(C)ccc3c2oc2ncccc23)[C@H]1C)C([2H])([2H])[2H]. The van der Waals surface area contributed by atoms with Crippen LogP contribution in [-0.4, -0.2) is 22.6 Å². The molecule has 130 valence electrons. The molecule has 4 nitrogen and oxygen atoms in total. The highest BCUT2D eigenvalue weighted by Gasteiger charge is 2.29. The molecule has 0 bridgehead atoms. The smallest absolute Gasteiger partial charge is 0.227 e. The third-order valence-corrected chi connectivity index (χ3v) is 4.65. The van der Waals surface area contributed by atoms with Crippen LogP contribution in [0.1, 0.15) is 41.3 Å². The van der Waals surface area contributed by atoms with Gasteiger partial charge in [0.05, 0.1) is 5.69 Å². The van der Waals surface area contributed by atoms with Gasteiger partial charge >= 0.3 is 0 Å². The maximum Gasteiger partial charge on any atom is 0.227 e. The third-order valence-electron chi connectivity index (χ3n) is 4.65. The average Bonchev–Trinajstić information content (AvgIpc) is 3.21. The lowest BCUT2D eigenvalue weighted by molar-refractivity contribution is 0.221. The summed E-state index contributed by atoms with van der Waals surface area (Å²) in [5.74, 6) is 0. The standard InChI is InChI=1S/C21H25N3O/c1-14-8-9-16-17-7-6-10-22-20(17)25-19(16)18(14)24-12-11-23(15(24)2)13-21(3,4)5/h6-12,15H,13H2,1-5H3/t15-/m0/s1/i3D3,4D3. The molecule has 25 heavy (non-hydrogen) atoms. The molecule has 0 amide bonds. The van der Waals surface area contributed by atoms with Gasteiger partial charge in [0.1, 0.15) is 6.17 Å². The Morgan fingerprint density at radius 2 is 2.08 bits per heavy atom. The van der Waals surface area contributed by atoms with Gasteiger partial charge in [-0.25, -0.2) is 4.98 Å². The lowest BCUT2D eigenvalue weighted by Crippen LogP contribution is -2.40. The lowest BCUT2D eigenvalue weighted by atomic mass is 9.96. The molecule has 3 heterocycles. The van der Waals surface area contributed by atoms with E-state index in [1.165, 1.54) is 6.92 Å². The van der Waals surface area contributed by atoms with Crippen molar-refractivity contribution in [1.82, 2.24) is 9.88 Å². The van der Waals surface area contributed by atoms with Gasteiger partial charge < -0.3 is 14.2 Å². The Morgan fingerprint density at radius 3 is 2.88 bits per heavy atom. The molecule has 0 saturated carbocycles. The first-order chi connectivity index (χ1) is 14.3. The zero-order chi connectivity index (χ0) is 22.8. The number of nitrogens with zero attached hydrogens (tertiary/aromatic N) is 3. The van der Waals surface area contributed by atoms with Gasteiger partial charge in [0.15, 0.2) is 5.58 Å². The van der Waals surface area contributed by atoms with Crippen molar-refractivity contribution in [3.8, 4) is 0 Å². The molecule has 0 unspecified atom stereocenters. The molecule has 0 radical (unpaired) electrons. The number of benzene rings is 1. The van der Waals surface area contributed by atoms with Gasteiger partial charge in [-0.05, 0) is 37.0 Å². The van der Waals surface area contributed by atoms with Gasteiger partial charge in [-0.3, -0.25) is 0 Å². The van der Waals surface area contributed by atoms with E-state index in [0.29, 0.717) is 11.3 Å². The Hall–Kier alpha value is -2.49. The van der Waals surface area contributed by atoms with Gasteiger partial charge in [0, 0.05) is 44.1 Å². The number of aromatic nitrogens is 1. The van der Waals surface area contributed by atoms with Gasteiger partial charge in [-0.2, -0.15) is 0 Å². The molecule has 1 aromatic carbocycles. The number of fused-ring (bicyclic) bond motifs is 3. The molecule has 1 aliphatic rings. The van der Waals surface area contributed by atoms with Crippen LogP contribution in [0.5, 0.6) is 0 Å². The van der Waals surface area contributed by atoms with E-state index in [1.807, 2.05) is 49.2 Å². The van der Waals surface area contributed by atoms with Crippen molar-refractivity contribution >= 4 is 27.8 Å². The van der Waals surface area contributed by atoms with Crippen LogP contribution in [0.15, 0.2) is 47.3 Å². The van der Waals surface area contributed by atoms with E-state index < -0.39 is 19.1 Å². The van der Waals surface area contributed by atoms with Crippen molar-refractivity contribution in [2.75, 3.05) is 11.4 Å². The second kappa shape index (κ2) is 5.51. The Bertz CT molecular complexity index is 1150. The maximum absolute atomic E-state index is 7.88. The summed E-state index contributed by atoms with van der Waals surface area (Å²) in [6, 6.07) is 7.84. The Balaban J connectivity index is 1.74. The second-order valence-corrected chi connectivity index (χ2v) is 6.91. The largest absolute Gasteiger partial charge is 0.435 e. The molecule has 0 N–H and O–H groups in total. The summed E-state index contributed by atoms with van der Waals surface area (Å²) in [6.45, 7) is -0.205. The number of hydrogen-bond acceptors (Lipinski definition) is 4. The first-order valence-electron chi connectivity index (χ1n) is 11.3. The van der Waals surface area contributed by atoms with Crippen LogP contribution >= 0.6 is 0 Å². The third kappa shape index (κ3) is 2.66. The molecule has 0 fully saturated rings. The van der Waals surface area contributed by atoms with Crippen LogP contribution in [0.25, 0.3) is 22.1 Å². The van der Waals surface area contributed by atoms with Crippen molar-refractivity contribution in [1.29, 1.82) is 0 Å². The summed E-state index contributed by atoms with van der Waals surface area (Å²) < 4.78 is 53.3. The van der Waals surface area contributed by atoms with E-state index in [0.717, 1.165) is 22.0 Å². The number of aryl methyl sites for hydroxylation is 1. The number of hydrogen-bond donors (Lipinski definition) is 0. The van der Waals surface area contributed by atoms with Crippen molar-refractivity contribution in [2.24, 2.45) is 5.41 Å². The number of anilines is 1. The van der Waals surface area contributed by atoms with Crippen LogP contribution in [0.4, 0.5) is 5.69 Å². The van der Waals surface area contributed by atoms with Gasteiger partial charge in [-0.15, -0.1) is 0 Å². The summed E-state index contributed by atoms with van der Waals surface area (Å²) in [5.41, 5.74) is 1.21. The van der Waals surface area contributed by atoms with Crippen molar-refractivity contribution in [3.63, 3.8) is 0 Å². The number of furan rings is 1. The second-order valence-electron chi connectivity index (χ2n) is 6.91. The van der Waals surface area contributed by atoms with E-state index in [-0.39, 0.29) is 12.7 Å². The van der Waals surface area contributed by atoms with Gasteiger partial charge in [0.25, 0.3) is 0 Å². The summed E-state index contributed by atoms with van der Waals surface area (Å²) in [4.78, 5) is 8.06. The fourth-order valence-electron chi connectivity index (χ4n) is 3.46. The molecule has 1 atom stereocenters. The minimum atomic E-state index is -2.64. The monoisotopic (exact) mass is 341 g/mol. The highest BCUT2D eigenvalue weighted by molar-refractivity contribution is 6.08. The van der Waals surface area contributed by atoms with Crippen LogP contribution in [-0.2, 0) is 0 Å². The Morgan fingerprint density at radius 1 is 1.24 bits per heavy atom. The summed E-state index contributed by atoms with van der Waals surface area (Å²) in [7, 11) is 0. The van der Waals surface area contributed by atoms with E-state index in [9.17, 15) is 0 Å². The first kappa shape index (κ1) is 10.5. The molecule has 4 heteroatoms. The highest BCUT2D eigenvalue weighted by Crippen LogP contribution is 2.39.